The van der Waals surface area contributed by atoms with Crippen LogP contribution in [0.2, 0.25) is 0 Å². The van der Waals surface area contributed by atoms with Crippen molar-refractivity contribution >= 4 is 32.0 Å². The molecule has 2 N–H and O–H groups in total. The molecule has 0 rings (SSSR count). The fourth-order valence-corrected chi connectivity index (χ4v) is 1.99. The van der Waals surface area contributed by atoms with E-state index in [0.717, 1.165) is 0 Å². The van der Waals surface area contributed by atoms with Crippen molar-refractivity contribution in [2.45, 2.75) is 52.1 Å². The minimum atomic E-state index is -1.52. The van der Waals surface area contributed by atoms with E-state index in [1.807, 2.05) is 0 Å². The van der Waals surface area contributed by atoms with Gasteiger partial charge in [0.1, 0.15) is 26.7 Å². The minimum absolute atomic E-state index is 0.256. The van der Waals surface area contributed by atoms with E-state index in [9.17, 15) is 19.2 Å². The van der Waals surface area contributed by atoms with Crippen LogP contribution in [0.3, 0.4) is 0 Å². The molecule has 0 spiro atoms. The van der Waals surface area contributed by atoms with Gasteiger partial charge in [0.05, 0.1) is 0 Å². The van der Waals surface area contributed by atoms with Crippen molar-refractivity contribution in [1.29, 1.82) is 0 Å². The summed E-state index contributed by atoms with van der Waals surface area (Å²) in [6, 6.07) is 0. The number of carbonyl (C=O) groups is 4. The first kappa shape index (κ1) is 23.2. The Kier molecular flexibility index (Phi) is 10.2. The van der Waals surface area contributed by atoms with E-state index in [4.69, 9.17) is 19.5 Å². The van der Waals surface area contributed by atoms with Crippen molar-refractivity contribution in [1.82, 2.24) is 0 Å². The second kappa shape index (κ2) is 11.0. The zero-order chi connectivity index (χ0) is 19.7. The summed E-state index contributed by atoms with van der Waals surface area (Å²) in [7, 11) is -1.52. The van der Waals surface area contributed by atoms with Crippen molar-refractivity contribution in [3.05, 3.63) is 0 Å². The van der Waals surface area contributed by atoms with Gasteiger partial charge in [-0.25, -0.2) is 19.2 Å². The molecule has 11 heteroatoms. The maximum absolute atomic E-state index is 11.7. The van der Waals surface area contributed by atoms with Crippen LogP contribution in [0, 0.1) is 0 Å². The summed E-state index contributed by atoms with van der Waals surface area (Å²) < 4.78 is 19.1. The van der Waals surface area contributed by atoms with Crippen LogP contribution in [0.1, 0.15) is 27.7 Å². The van der Waals surface area contributed by atoms with E-state index < -0.39 is 56.4 Å². The zero-order valence-electron chi connectivity index (χ0n) is 14.6. The number of aliphatic hydroxyl groups excluding tert-OH is 2. The topological polar surface area (TPSA) is 146 Å². The molecule has 0 aliphatic rings. The maximum atomic E-state index is 11.7. The number of aliphatic hydroxyl groups is 2. The summed E-state index contributed by atoms with van der Waals surface area (Å²) in [4.78, 5) is 45.7. The van der Waals surface area contributed by atoms with Crippen molar-refractivity contribution < 1.29 is 48.1 Å². The molecular weight excluding hydrogens is 359 g/mol. The standard InChI is InChI=1S/C14H23O10P/c1-7(15)11(17)22-9(3)13(19)21-6-25(5)24-14(20)10(4)23-12(18)8(2)16/h7-10,15-16H,6H2,1-5H3. The van der Waals surface area contributed by atoms with Crippen LogP contribution >= 0.6 is 8.15 Å². The van der Waals surface area contributed by atoms with Gasteiger partial charge in [-0.15, -0.1) is 0 Å². The lowest BCUT2D eigenvalue weighted by Gasteiger charge is -2.18. The molecule has 5 unspecified atom stereocenters. The highest BCUT2D eigenvalue weighted by molar-refractivity contribution is 7.52. The smallest absolute Gasteiger partial charge is 0.349 e. The summed E-state index contributed by atoms with van der Waals surface area (Å²) in [5, 5.41) is 18.0. The number of hydrogen-bond donors (Lipinski definition) is 2. The molecule has 0 aromatic heterocycles. The summed E-state index contributed by atoms with van der Waals surface area (Å²) in [5.74, 6) is -3.66. The molecule has 0 aromatic carbocycles. The van der Waals surface area contributed by atoms with Crippen LogP contribution in [0.4, 0.5) is 0 Å². The highest BCUT2D eigenvalue weighted by Gasteiger charge is 2.26. The molecule has 0 amide bonds. The number of esters is 3. The Hall–Kier alpha value is -1.77. The molecule has 0 bridgehead atoms. The van der Waals surface area contributed by atoms with E-state index in [-0.39, 0.29) is 6.35 Å². The van der Waals surface area contributed by atoms with Gasteiger partial charge in [0, 0.05) is 0 Å². The van der Waals surface area contributed by atoms with E-state index in [2.05, 4.69) is 9.47 Å². The Bertz CT molecular complexity index is 490. The first-order valence-corrected chi connectivity index (χ1v) is 9.21. The van der Waals surface area contributed by atoms with Crippen LogP contribution in [0.5, 0.6) is 0 Å². The van der Waals surface area contributed by atoms with Crippen molar-refractivity contribution in [3.63, 3.8) is 0 Å². The molecule has 5 atom stereocenters. The molecule has 0 radical (unpaired) electrons. The highest BCUT2D eigenvalue weighted by Crippen LogP contribution is 2.32. The van der Waals surface area contributed by atoms with Gasteiger partial charge in [0.15, 0.2) is 12.2 Å². The molecular formula is C14H23O10P. The average Bonchev–Trinajstić information content (AvgIpc) is 2.51. The van der Waals surface area contributed by atoms with Gasteiger partial charge in [-0.2, -0.15) is 0 Å². The monoisotopic (exact) mass is 382 g/mol. The molecule has 10 nitrogen and oxygen atoms in total. The van der Waals surface area contributed by atoms with Gasteiger partial charge >= 0.3 is 23.9 Å². The lowest BCUT2D eigenvalue weighted by atomic mass is 10.4. The Morgan fingerprint density at radius 3 is 1.60 bits per heavy atom. The molecule has 0 fully saturated rings. The predicted octanol–water partition coefficient (Wildman–Crippen LogP) is -0.318. The fourth-order valence-electron chi connectivity index (χ4n) is 1.17. The van der Waals surface area contributed by atoms with E-state index in [1.54, 1.807) is 0 Å². The van der Waals surface area contributed by atoms with Gasteiger partial charge in [-0.1, -0.05) is 0 Å². The number of carbonyl (C=O) groups excluding carboxylic acids is 4. The Balaban J connectivity index is 4.27. The van der Waals surface area contributed by atoms with Crippen molar-refractivity contribution in [2.75, 3.05) is 13.0 Å². The van der Waals surface area contributed by atoms with Gasteiger partial charge in [0.2, 0.25) is 0 Å². The number of rotatable bonds is 9. The summed E-state index contributed by atoms with van der Waals surface area (Å²) >= 11 is 0. The summed E-state index contributed by atoms with van der Waals surface area (Å²) in [5.41, 5.74) is 0. The second-order valence-corrected chi connectivity index (χ2v) is 6.84. The first-order chi connectivity index (χ1) is 11.5. The Labute approximate surface area is 146 Å². The molecule has 0 aliphatic carbocycles. The molecule has 0 saturated heterocycles. The first-order valence-electron chi connectivity index (χ1n) is 7.32. The molecule has 144 valence electrons. The zero-order valence-corrected chi connectivity index (χ0v) is 15.5. The predicted molar refractivity (Wildman–Crippen MR) is 84.4 cm³/mol. The fraction of sp³-hybridized carbons (Fsp3) is 0.714. The lowest BCUT2D eigenvalue weighted by molar-refractivity contribution is -0.170. The maximum Gasteiger partial charge on any atom is 0.349 e. The molecule has 25 heavy (non-hydrogen) atoms. The highest BCUT2D eigenvalue weighted by atomic mass is 31.1. The van der Waals surface area contributed by atoms with E-state index in [1.165, 1.54) is 34.4 Å². The second-order valence-electron chi connectivity index (χ2n) is 5.14. The third kappa shape index (κ3) is 9.33. The molecule has 0 heterocycles. The van der Waals surface area contributed by atoms with Gasteiger partial charge in [-0.3, -0.25) is 0 Å². The molecule has 0 aromatic rings. The quantitative estimate of drug-likeness (QED) is 0.309. The number of hydrogen-bond acceptors (Lipinski definition) is 10. The van der Waals surface area contributed by atoms with E-state index >= 15 is 0 Å². The van der Waals surface area contributed by atoms with Gasteiger partial charge in [-0.05, 0) is 34.4 Å². The van der Waals surface area contributed by atoms with Gasteiger partial charge < -0.3 is 28.9 Å². The van der Waals surface area contributed by atoms with Crippen LogP contribution < -0.4 is 0 Å². The van der Waals surface area contributed by atoms with Crippen LogP contribution in [0.25, 0.3) is 0 Å². The third-order valence-corrected chi connectivity index (χ3v) is 3.55. The van der Waals surface area contributed by atoms with Crippen LogP contribution in [-0.2, 0) is 37.9 Å². The SMILES string of the molecule is CC(O)C(=O)OC(C)C(=O)OCP(C)OC(=O)C(C)OC(=O)C(C)O. The normalized spacial score (nSPS) is 16.6. The lowest BCUT2D eigenvalue weighted by Crippen LogP contribution is -2.31. The molecule has 0 aliphatic heterocycles. The Morgan fingerprint density at radius 1 is 0.800 bits per heavy atom. The van der Waals surface area contributed by atoms with Crippen LogP contribution in [0.15, 0.2) is 0 Å². The van der Waals surface area contributed by atoms with Crippen molar-refractivity contribution in [2.24, 2.45) is 0 Å². The van der Waals surface area contributed by atoms with Crippen LogP contribution in [-0.4, -0.2) is 71.5 Å². The third-order valence-electron chi connectivity index (χ3n) is 2.57. The molecule has 0 saturated carbocycles. The largest absolute Gasteiger partial charge is 0.455 e. The van der Waals surface area contributed by atoms with E-state index in [0.29, 0.717) is 0 Å². The summed E-state index contributed by atoms with van der Waals surface area (Å²) in [6.07, 6.45) is -5.45. The van der Waals surface area contributed by atoms with Gasteiger partial charge in [0.25, 0.3) is 0 Å². The minimum Gasteiger partial charge on any atom is -0.455 e. The number of ether oxygens (including phenoxy) is 3. The summed E-state index contributed by atoms with van der Waals surface area (Å²) in [6.45, 7) is 6.42. The van der Waals surface area contributed by atoms with Crippen molar-refractivity contribution in [3.8, 4) is 0 Å². The Morgan fingerprint density at radius 2 is 1.20 bits per heavy atom. The average molecular weight is 382 g/mol.